The maximum atomic E-state index is 12.9. The molecular formula is C22H24N2O6. The van der Waals surface area contributed by atoms with E-state index in [4.69, 9.17) is 14.2 Å². The first-order valence-electron chi connectivity index (χ1n) is 9.44. The zero-order chi connectivity index (χ0) is 21.7. The fraction of sp³-hybridized carbons (Fsp3) is 0.318. The lowest BCUT2D eigenvalue weighted by Gasteiger charge is -2.24. The standard InChI is InChI=1S/C22H24N2O6/c1-28-12-6-11-24-19(15-7-4-5-10-23-15)18(21(26)22(24)27)20(25)14-8-9-16(29-2)17(13-14)30-3/h4-5,7-10,13,19,25H,6,11-12H2,1-3H3/b20-18-. The number of carbonyl (C=O) groups excluding carboxylic acids is 2. The van der Waals surface area contributed by atoms with Crippen molar-refractivity contribution >= 4 is 17.4 Å². The number of aliphatic hydroxyl groups excluding tert-OH is 1. The minimum Gasteiger partial charge on any atom is -0.507 e. The number of hydrogen-bond acceptors (Lipinski definition) is 7. The Morgan fingerprint density at radius 3 is 2.50 bits per heavy atom. The Labute approximate surface area is 174 Å². The molecule has 8 nitrogen and oxygen atoms in total. The normalized spacial score (nSPS) is 18.0. The Kier molecular flexibility index (Phi) is 6.68. The maximum absolute atomic E-state index is 12.9. The number of likely N-dealkylation sites (tertiary alicyclic amines) is 1. The fourth-order valence-corrected chi connectivity index (χ4v) is 3.47. The van der Waals surface area contributed by atoms with Gasteiger partial charge in [-0.1, -0.05) is 6.07 Å². The first-order chi connectivity index (χ1) is 14.5. The van der Waals surface area contributed by atoms with Gasteiger partial charge in [0.05, 0.1) is 25.5 Å². The summed E-state index contributed by atoms with van der Waals surface area (Å²) in [6.45, 7) is 0.732. The Morgan fingerprint density at radius 2 is 1.87 bits per heavy atom. The number of hydrogen-bond donors (Lipinski definition) is 1. The van der Waals surface area contributed by atoms with E-state index in [1.54, 1.807) is 49.7 Å². The number of methoxy groups -OCH3 is 3. The van der Waals surface area contributed by atoms with Gasteiger partial charge in [-0.3, -0.25) is 14.6 Å². The largest absolute Gasteiger partial charge is 0.507 e. The van der Waals surface area contributed by atoms with Gasteiger partial charge in [0, 0.05) is 32.0 Å². The van der Waals surface area contributed by atoms with Crippen LogP contribution in [0.15, 0.2) is 48.2 Å². The number of ether oxygens (including phenoxy) is 3. The summed E-state index contributed by atoms with van der Waals surface area (Å²) in [5.74, 6) is -0.848. The summed E-state index contributed by atoms with van der Waals surface area (Å²) in [4.78, 5) is 31.4. The molecule has 1 aromatic heterocycles. The van der Waals surface area contributed by atoms with E-state index in [1.807, 2.05) is 0 Å². The summed E-state index contributed by atoms with van der Waals surface area (Å²) in [7, 11) is 4.55. The molecule has 1 saturated heterocycles. The smallest absolute Gasteiger partial charge is 0.295 e. The maximum Gasteiger partial charge on any atom is 0.295 e. The highest BCUT2D eigenvalue weighted by molar-refractivity contribution is 6.46. The third-order valence-corrected chi connectivity index (χ3v) is 4.91. The summed E-state index contributed by atoms with van der Waals surface area (Å²) in [5, 5.41) is 11.0. The molecule has 0 bridgehead atoms. The second-order valence-corrected chi connectivity index (χ2v) is 6.66. The molecule has 158 valence electrons. The van der Waals surface area contributed by atoms with Gasteiger partial charge in [0.2, 0.25) is 0 Å². The number of pyridine rings is 1. The van der Waals surface area contributed by atoms with E-state index in [0.717, 1.165) is 0 Å². The number of ketones is 1. The molecule has 1 amide bonds. The third-order valence-electron chi connectivity index (χ3n) is 4.91. The molecule has 30 heavy (non-hydrogen) atoms. The first kappa shape index (κ1) is 21.3. The van der Waals surface area contributed by atoms with Gasteiger partial charge in [0.15, 0.2) is 11.5 Å². The van der Waals surface area contributed by atoms with Crippen molar-refractivity contribution in [3.8, 4) is 11.5 Å². The molecule has 1 unspecified atom stereocenters. The van der Waals surface area contributed by atoms with Crippen LogP contribution in [0.3, 0.4) is 0 Å². The van der Waals surface area contributed by atoms with Crippen LogP contribution in [0.2, 0.25) is 0 Å². The van der Waals surface area contributed by atoms with E-state index < -0.39 is 17.7 Å². The number of amides is 1. The summed E-state index contributed by atoms with van der Waals surface area (Å²) in [5.41, 5.74) is 0.822. The van der Waals surface area contributed by atoms with Crippen LogP contribution in [0.25, 0.3) is 5.76 Å². The lowest BCUT2D eigenvalue weighted by atomic mass is 9.98. The van der Waals surface area contributed by atoms with Crippen LogP contribution in [0.4, 0.5) is 0 Å². The van der Waals surface area contributed by atoms with Gasteiger partial charge in [-0.15, -0.1) is 0 Å². The van der Waals surface area contributed by atoms with Crippen molar-refractivity contribution in [3.05, 3.63) is 59.4 Å². The highest BCUT2D eigenvalue weighted by Crippen LogP contribution is 2.40. The number of benzene rings is 1. The van der Waals surface area contributed by atoms with Crippen molar-refractivity contribution < 1.29 is 28.9 Å². The molecule has 8 heteroatoms. The summed E-state index contributed by atoms with van der Waals surface area (Å²) >= 11 is 0. The van der Waals surface area contributed by atoms with Crippen molar-refractivity contribution in [2.24, 2.45) is 0 Å². The lowest BCUT2D eigenvalue weighted by Crippen LogP contribution is -2.31. The average molecular weight is 412 g/mol. The molecule has 3 rings (SSSR count). The molecule has 0 aliphatic carbocycles. The Bertz CT molecular complexity index is 957. The predicted octanol–water partition coefficient (Wildman–Crippen LogP) is 2.56. The SMILES string of the molecule is COCCCN1C(=O)C(=O)/C(=C(\O)c2ccc(OC)c(OC)c2)C1c1ccccn1. The Hall–Kier alpha value is -3.39. The zero-order valence-electron chi connectivity index (χ0n) is 17.1. The molecule has 2 heterocycles. The van der Waals surface area contributed by atoms with Crippen LogP contribution in [0.1, 0.15) is 23.7 Å². The van der Waals surface area contributed by atoms with E-state index in [9.17, 15) is 14.7 Å². The minimum atomic E-state index is -0.795. The van der Waals surface area contributed by atoms with Crippen LogP contribution in [0, 0.1) is 0 Å². The van der Waals surface area contributed by atoms with E-state index >= 15 is 0 Å². The van der Waals surface area contributed by atoms with Gasteiger partial charge in [-0.2, -0.15) is 0 Å². The molecule has 1 aromatic carbocycles. The van der Waals surface area contributed by atoms with Crippen LogP contribution >= 0.6 is 0 Å². The van der Waals surface area contributed by atoms with E-state index in [2.05, 4.69) is 4.98 Å². The molecule has 0 radical (unpaired) electrons. The highest BCUT2D eigenvalue weighted by atomic mass is 16.5. The first-order valence-corrected chi connectivity index (χ1v) is 9.44. The lowest BCUT2D eigenvalue weighted by molar-refractivity contribution is -0.140. The van der Waals surface area contributed by atoms with Crippen molar-refractivity contribution in [1.29, 1.82) is 0 Å². The zero-order valence-corrected chi connectivity index (χ0v) is 17.1. The van der Waals surface area contributed by atoms with Crippen LogP contribution in [-0.4, -0.2) is 61.2 Å². The molecule has 1 fully saturated rings. The van der Waals surface area contributed by atoms with Crippen molar-refractivity contribution in [2.45, 2.75) is 12.5 Å². The molecule has 1 atom stereocenters. The number of nitrogens with zero attached hydrogens (tertiary/aromatic N) is 2. The Morgan fingerprint density at radius 1 is 1.10 bits per heavy atom. The summed E-state index contributed by atoms with van der Waals surface area (Å²) in [6.07, 6.45) is 2.13. The van der Waals surface area contributed by atoms with E-state index in [1.165, 1.54) is 19.1 Å². The monoisotopic (exact) mass is 412 g/mol. The molecule has 0 saturated carbocycles. The van der Waals surface area contributed by atoms with Gasteiger partial charge in [0.25, 0.3) is 11.7 Å². The van der Waals surface area contributed by atoms with Crippen LogP contribution in [0.5, 0.6) is 11.5 Å². The topological polar surface area (TPSA) is 98.2 Å². The van der Waals surface area contributed by atoms with E-state index in [0.29, 0.717) is 42.3 Å². The summed E-state index contributed by atoms with van der Waals surface area (Å²) in [6, 6.07) is 9.23. The van der Waals surface area contributed by atoms with Gasteiger partial charge in [0.1, 0.15) is 11.8 Å². The van der Waals surface area contributed by atoms with E-state index in [-0.39, 0.29) is 11.3 Å². The molecule has 1 N–H and O–H groups in total. The molecular weight excluding hydrogens is 388 g/mol. The third kappa shape index (κ3) is 3.99. The van der Waals surface area contributed by atoms with Crippen molar-refractivity contribution in [1.82, 2.24) is 9.88 Å². The molecule has 0 spiro atoms. The summed E-state index contributed by atoms with van der Waals surface area (Å²) < 4.78 is 15.6. The number of rotatable bonds is 8. The van der Waals surface area contributed by atoms with Gasteiger partial charge < -0.3 is 24.2 Å². The van der Waals surface area contributed by atoms with Crippen LogP contribution < -0.4 is 9.47 Å². The number of aromatic nitrogens is 1. The van der Waals surface area contributed by atoms with Crippen molar-refractivity contribution in [3.63, 3.8) is 0 Å². The second-order valence-electron chi connectivity index (χ2n) is 6.66. The predicted molar refractivity (Wildman–Crippen MR) is 109 cm³/mol. The molecule has 1 aliphatic heterocycles. The average Bonchev–Trinajstić information content (AvgIpc) is 3.03. The molecule has 1 aliphatic rings. The van der Waals surface area contributed by atoms with Crippen LogP contribution in [-0.2, 0) is 14.3 Å². The minimum absolute atomic E-state index is 0.0108. The quantitative estimate of drug-likeness (QED) is 0.308. The highest BCUT2D eigenvalue weighted by Gasteiger charge is 2.46. The second kappa shape index (κ2) is 9.41. The number of Topliss-reactive ketones (excluding diaryl/α,β-unsaturated/α-hetero) is 1. The van der Waals surface area contributed by atoms with Gasteiger partial charge in [-0.05, 0) is 36.8 Å². The fourth-order valence-electron chi connectivity index (χ4n) is 3.47. The van der Waals surface area contributed by atoms with Gasteiger partial charge in [-0.25, -0.2) is 0 Å². The van der Waals surface area contributed by atoms with Crippen molar-refractivity contribution in [2.75, 3.05) is 34.5 Å². The van der Waals surface area contributed by atoms with Gasteiger partial charge >= 0.3 is 0 Å². The number of carbonyl (C=O) groups is 2. The Balaban J connectivity index is 2.12. The number of aliphatic hydroxyl groups is 1. The molecule has 2 aromatic rings.